The molecule has 192 valence electrons. The highest BCUT2D eigenvalue weighted by atomic mass is 35.5. The molecule has 4 aromatic rings. The summed E-state index contributed by atoms with van der Waals surface area (Å²) in [6, 6.07) is 24.6. The summed E-state index contributed by atoms with van der Waals surface area (Å²) in [5.41, 5.74) is 2.95. The Labute approximate surface area is 227 Å². The van der Waals surface area contributed by atoms with Crippen molar-refractivity contribution < 1.29 is 18.9 Å². The first-order chi connectivity index (χ1) is 18.3. The largest absolute Gasteiger partial charge is 0.487 e. The lowest BCUT2D eigenvalue weighted by molar-refractivity contribution is 0.101. The van der Waals surface area contributed by atoms with Crippen LogP contribution in [0, 0.1) is 11.3 Å². The van der Waals surface area contributed by atoms with E-state index in [9.17, 15) is 5.26 Å². The molecule has 0 unspecified atom stereocenters. The van der Waals surface area contributed by atoms with Gasteiger partial charge in [-0.05, 0) is 40.5 Å². The highest BCUT2D eigenvalue weighted by Crippen LogP contribution is 2.35. The molecule has 0 radical (unpaired) electrons. The lowest BCUT2D eigenvalue weighted by Crippen LogP contribution is -2.11. The topological polar surface area (TPSA) is 60.7 Å². The summed E-state index contributed by atoms with van der Waals surface area (Å²) in [6.45, 7) is 2.60. The minimum Gasteiger partial charge on any atom is -0.487 e. The highest BCUT2D eigenvalue weighted by Gasteiger charge is 2.15. The first-order valence-corrected chi connectivity index (χ1v) is 13.3. The molecule has 0 N–H and O–H groups in total. The molecular weight excluding hydrogens is 509 g/mol. The summed E-state index contributed by atoms with van der Waals surface area (Å²) in [4.78, 5) is 0. The van der Waals surface area contributed by atoms with Gasteiger partial charge in [0, 0.05) is 22.5 Å². The van der Waals surface area contributed by atoms with E-state index in [0.717, 1.165) is 27.1 Å². The Morgan fingerprint density at radius 1 is 0.622 bits per heavy atom. The van der Waals surface area contributed by atoms with Gasteiger partial charge in [0.05, 0.1) is 32.0 Å². The molecule has 7 heteroatoms. The summed E-state index contributed by atoms with van der Waals surface area (Å²) in [5.74, 6) is 2.18. The van der Waals surface area contributed by atoms with Gasteiger partial charge in [0.1, 0.15) is 19.3 Å². The van der Waals surface area contributed by atoms with E-state index in [-0.39, 0.29) is 0 Å². The Morgan fingerprint density at radius 2 is 1.16 bits per heavy atom. The fourth-order valence-electron chi connectivity index (χ4n) is 4.36. The van der Waals surface area contributed by atoms with Crippen LogP contribution in [0.4, 0.5) is 0 Å². The predicted octanol–water partition coefficient (Wildman–Crippen LogP) is 6.72. The summed E-state index contributed by atoms with van der Waals surface area (Å²) < 4.78 is 22.9. The molecule has 4 rings (SSSR count). The molecular formula is C30H29Cl2NO4. The minimum atomic E-state index is 0.377. The Hall–Kier alpha value is -3.01. The van der Waals surface area contributed by atoms with E-state index in [4.69, 9.17) is 42.1 Å². The molecule has 0 saturated carbocycles. The van der Waals surface area contributed by atoms with E-state index in [1.807, 2.05) is 54.6 Å². The highest BCUT2D eigenvalue weighted by molar-refractivity contribution is 6.18. The number of hydrogen-bond donors (Lipinski definition) is 0. The smallest absolute Gasteiger partial charge is 0.161 e. The van der Waals surface area contributed by atoms with E-state index in [2.05, 4.69) is 18.2 Å². The van der Waals surface area contributed by atoms with E-state index in [1.165, 1.54) is 5.56 Å². The first-order valence-electron chi connectivity index (χ1n) is 12.2. The number of halogens is 2. The molecule has 0 heterocycles. The molecule has 0 amide bonds. The molecule has 0 saturated heterocycles. The Bertz CT molecular complexity index is 1310. The van der Waals surface area contributed by atoms with Crippen LogP contribution in [0.15, 0.2) is 66.7 Å². The van der Waals surface area contributed by atoms with Gasteiger partial charge in [0.15, 0.2) is 11.5 Å². The maximum absolute atomic E-state index is 9.92. The number of rotatable bonds is 14. The summed E-state index contributed by atoms with van der Waals surface area (Å²) in [7, 11) is 0. The Morgan fingerprint density at radius 3 is 1.70 bits per heavy atom. The summed E-state index contributed by atoms with van der Waals surface area (Å²) in [5, 5.41) is 14.0. The van der Waals surface area contributed by atoms with Crippen LogP contribution in [0.1, 0.15) is 16.7 Å². The van der Waals surface area contributed by atoms with Gasteiger partial charge in [-0.3, -0.25) is 0 Å². The van der Waals surface area contributed by atoms with Gasteiger partial charge in [-0.2, -0.15) is 5.26 Å². The second-order valence-electron chi connectivity index (χ2n) is 8.31. The normalized spacial score (nSPS) is 11.1. The molecule has 0 aromatic heterocycles. The van der Waals surface area contributed by atoms with Crippen molar-refractivity contribution in [1.29, 1.82) is 5.26 Å². The van der Waals surface area contributed by atoms with Crippen LogP contribution in [0.2, 0.25) is 0 Å². The fourth-order valence-corrected chi connectivity index (χ4v) is 4.58. The summed E-state index contributed by atoms with van der Waals surface area (Å²) in [6.07, 6.45) is 0.672. The molecule has 0 aliphatic heterocycles. The predicted molar refractivity (Wildman–Crippen MR) is 149 cm³/mol. The number of benzene rings is 4. The number of fused-ring (bicyclic) bond motifs is 2. The maximum Gasteiger partial charge on any atom is 0.161 e. The number of nitrogens with zero attached hydrogens (tertiary/aromatic N) is 1. The van der Waals surface area contributed by atoms with Crippen molar-refractivity contribution in [2.75, 3.05) is 51.4 Å². The van der Waals surface area contributed by atoms with Gasteiger partial charge in [0.2, 0.25) is 0 Å². The zero-order valence-electron chi connectivity index (χ0n) is 20.6. The van der Waals surface area contributed by atoms with Crippen LogP contribution in [0.3, 0.4) is 0 Å². The fraction of sp³-hybridized carbons (Fsp3) is 0.300. The standard InChI is InChI=1S/C30H29Cl2NO4/c31-11-13-34-15-17-36-29-10-9-22(20-30(29)37-18-16-35-14-12-32)19-27-23-5-1-3-7-25(23)28(21-33)26-8-4-2-6-24(26)27/h1-10,20H,11-19H2. The number of ether oxygens (including phenoxy) is 4. The van der Waals surface area contributed by atoms with Gasteiger partial charge < -0.3 is 18.9 Å². The van der Waals surface area contributed by atoms with Gasteiger partial charge in [-0.15, -0.1) is 23.2 Å². The SMILES string of the molecule is N#Cc1c2ccccc2c(Cc2ccc(OCCOCCCl)c(OCCOCCCl)c2)c2ccccc12. The third-order valence-corrected chi connectivity index (χ3v) is 6.27. The molecule has 0 atom stereocenters. The minimum absolute atomic E-state index is 0.377. The number of hydrogen-bond acceptors (Lipinski definition) is 5. The lowest BCUT2D eigenvalue weighted by Gasteiger charge is -2.16. The molecule has 0 fully saturated rings. The van der Waals surface area contributed by atoms with Gasteiger partial charge in [-0.1, -0.05) is 54.6 Å². The number of nitriles is 1. The van der Waals surface area contributed by atoms with Gasteiger partial charge >= 0.3 is 0 Å². The van der Waals surface area contributed by atoms with Crippen LogP contribution >= 0.6 is 23.2 Å². The molecule has 0 aliphatic carbocycles. The molecule has 0 aliphatic rings. The molecule has 5 nitrogen and oxygen atoms in total. The van der Waals surface area contributed by atoms with E-state index in [1.54, 1.807) is 0 Å². The van der Waals surface area contributed by atoms with Crippen LogP contribution in [-0.4, -0.2) is 51.4 Å². The average Bonchev–Trinajstić information content (AvgIpc) is 2.93. The first kappa shape index (κ1) is 27.0. The molecule has 0 spiro atoms. The second-order valence-corrected chi connectivity index (χ2v) is 9.07. The van der Waals surface area contributed by atoms with Crippen molar-refractivity contribution in [2.45, 2.75) is 6.42 Å². The van der Waals surface area contributed by atoms with E-state index < -0.39 is 0 Å². The monoisotopic (exact) mass is 537 g/mol. The van der Waals surface area contributed by atoms with Crippen LogP contribution in [-0.2, 0) is 15.9 Å². The van der Waals surface area contributed by atoms with Crippen molar-refractivity contribution in [3.05, 3.63) is 83.4 Å². The number of alkyl halides is 2. The lowest BCUT2D eigenvalue weighted by atomic mass is 9.89. The van der Waals surface area contributed by atoms with Gasteiger partial charge in [-0.25, -0.2) is 0 Å². The van der Waals surface area contributed by atoms with Crippen LogP contribution in [0.25, 0.3) is 21.5 Å². The maximum atomic E-state index is 9.92. The average molecular weight is 538 g/mol. The van der Waals surface area contributed by atoms with Crippen molar-refractivity contribution in [2.24, 2.45) is 0 Å². The Kier molecular flexibility index (Phi) is 10.3. The van der Waals surface area contributed by atoms with E-state index >= 15 is 0 Å². The second kappa shape index (κ2) is 14.1. The summed E-state index contributed by atoms with van der Waals surface area (Å²) >= 11 is 11.4. The Balaban J connectivity index is 1.65. The van der Waals surface area contributed by atoms with Crippen LogP contribution in [0.5, 0.6) is 11.5 Å². The molecule has 0 bridgehead atoms. The van der Waals surface area contributed by atoms with Crippen molar-refractivity contribution in [1.82, 2.24) is 0 Å². The van der Waals surface area contributed by atoms with E-state index in [0.29, 0.717) is 74.9 Å². The zero-order chi connectivity index (χ0) is 25.9. The van der Waals surface area contributed by atoms with Crippen molar-refractivity contribution in [3.63, 3.8) is 0 Å². The van der Waals surface area contributed by atoms with Crippen molar-refractivity contribution in [3.8, 4) is 17.6 Å². The van der Waals surface area contributed by atoms with Crippen molar-refractivity contribution >= 4 is 44.7 Å². The molecule has 37 heavy (non-hydrogen) atoms. The zero-order valence-corrected chi connectivity index (χ0v) is 22.1. The third kappa shape index (κ3) is 6.85. The molecule has 4 aromatic carbocycles. The van der Waals surface area contributed by atoms with Crippen LogP contribution < -0.4 is 9.47 Å². The third-order valence-electron chi connectivity index (χ3n) is 5.96. The van der Waals surface area contributed by atoms with Gasteiger partial charge in [0.25, 0.3) is 0 Å². The quantitative estimate of drug-likeness (QED) is 0.101.